The molecule has 152 valence electrons. The predicted octanol–water partition coefficient (Wildman–Crippen LogP) is 1.63. The summed E-state index contributed by atoms with van der Waals surface area (Å²) < 4.78 is 1.70. The molecule has 1 aliphatic rings. The second-order valence-electron chi connectivity index (χ2n) is 7.40. The summed E-state index contributed by atoms with van der Waals surface area (Å²) in [5.41, 5.74) is 1.71. The molecule has 9 nitrogen and oxygen atoms in total. The van der Waals surface area contributed by atoms with Crippen LogP contribution in [0.2, 0.25) is 0 Å². The van der Waals surface area contributed by atoms with Crippen LogP contribution in [0.4, 0.5) is 5.95 Å². The highest BCUT2D eigenvalue weighted by Gasteiger charge is 2.28. The summed E-state index contributed by atoms with van der Waals surface area (Å²) in [6, 6.07) is 9.77. The van der Waals surface area contributed by atoms with Gasteiger partial charge in [-0.05, 0) is 37.8 Å². The molecule has 0 atom stereocenters. The molecule has 1 aromatic carbocycles. The van der Waals surface area contributed by atoms with Gasteiger partial charge in [-0.2, -0.15) is 9.67 Å². The maximum absolute atomic E-state index is 12.4. The number of carbonyl (C=O) groups is 1. The first-order valence-corrected chi connectivity index (χ1v) is 9.92. The zero-order valence-electron chi connectivity index (χ0n) is 16.4. The van der Waals surface area contributed by atoms with Crippen molar-refractivity contribution in [3.05, 3.63) is 36.5 Å². The number of amides is 1. The molecule has 29 heavy (non-hydrogen) atoms. The first-order chi connectivity index (χ1) is 14.2. The van der Waals surface area contributed by atoms with Crippen molar-refractivity contribution in [1.29, 1.82) is 0 Å². The molecule has 0 spiro atoms. The number of nitrogens with one attached hydrogen (secondary N) is 1. The van der Waals surface area contributed by atoms with Gasteiger partial charge in [0.15, 0.2) is 5.82 Å². The number of rotatable bonds is 6. The number of nitrogens with zero attached hydrogens (tertiary/aromatic N) is 6. The van der Waals surface area contributed by atoms with E-state index in [0.29, 0.717) is 18.3 Å². The normalized spacial score (nSPS) is 19.2. The van der Waals surface area contributed by atoms with Crippen molar-refractivity contribution in [2.45, 2.75) is 31.7 Å². The fraction of sp³-hybridized carbons (Fsp3) is 0.450. The minimum atomic E-state index is -0.00607. The van der Waals surface area contributed by atoms with Gasteiger partial charge in [0.2, 0.25) is 11.9 Å². The van der Waals surface area contributed by atoms with Crippen LogP contribution < -0.4 is 5.32 Å². The molecule has 0 aliphatic heterocycles. The number of carbonyl (C=O) groups excluding carboxylic acids is 1. The van der Waals surface area contributed by atoms with E-state index in [1.807, 2.05) is 24.3 Å². The quantitative estimate of drug-likeness (QED) is 0.653. The molecule has 1 saturated carbocycles. The van der Waals surface area contributed by atoms with E-state index in [1.54, 1.807) is 28.9 Å². The van der Waals surface area contributed by atoms with E-state index in [4.69, 9.17) is 5.11 Å². The second-order valence-corrected chi connectivity index (χ2v) is 7.40. The predicted molar refractivity (Wildman–Crippen MR) is 109 cm³/mol. The van der Waals surface area contributed by atoms with Gasteiger partial charge in [-0.3, -0.25) is 4.79 Å². The Kier molecular flexibility index (Phi) is 5.66. The van der Waals surface area contributed by atoms with Crippen LogP contribution in [0.15, 0.2) is 36.5 Å². The lowest BCUT2D eigenvalue weighted by Crippen LogP contribution is -2.38. The highest BCUT2D eigenvalue weighted by atomic mass is 16.3. The summed E-state index contributed by atoms with van der Waals surface area (Å²) in [5.74, 6) is 1.35. The smallest absolute Gasteiger partial charge is 0.225 e. The van der Waals surface area contributed by atoms with Crippen molar-refractivity contribution in [2.75, 3.05) is 25.5 Å². The molecule has 1 aliphatic carbocycles. The van der Waals surface area contributed by atoms with Gasteiger partial charge in [-0.15, -0.1) is 5.10 Å². The number of aliphatic hydroxyl groups is 1. The lowest BCUT2D eigenvalue weighted by atomic mass is 9.85. The summed E-state index contributed by atoms with van der Waals surface area (Å²) in [6.07, 6.45) is 5.10. The Morgan fingerprint density at radius 3 is 2.83 bits per heavy atom. The molecule has 1 fully saturated rings. The highest BCUT2D eigenvalue weighted by Crippen LogP contribution is 2.27. The number of para-hydroxylation sites is 1. The largest absolute Gasteiger partial charge is 0.395 e. The SMILES string of the molecule is CN(CCO)C(=O)C1CCC(Nc2nccc(-n3nnc4ccccc43)n2)CC1. The Bertz CT molecular complexity index is 982. The molecular weight excluding hydrogens is 370 g/mol. The van der Waals surface area contributed by atoms with E-state index in [0.717, 1.165) is 36.7 Å². The molecular formula is C20H25N7O2. The summed E-state index contributed by atoms with van der Waals surface area (Å²) in [7, 11) is 1.75. The molecule has 4 rings (SSSR count). The number of aromatic nitrogens is 5. The number of likely N-dealkylation sites (N-methyl/N-ethyl adjacent to an activating group) is 1. The Balaban J connectivity index is 1.40. The molecule has 2 aromatic heterocycles. The third kappa shape index (κ3) is 4.19. The fourth-order valence-corrected chi connectivity index (χ4v) is 3.81. The molecule has 9 heteroatoms. The van der Waals surface area contributed by atoms with Gasteiger partial charge >= 0.3 is 0 Å². The Morgan fingerprint density at radius 1 is 1.24 bits per heavy atom. The van der Waals surface area contributed by atoms with E-state index >= 15 is 0 Å². The molecule has 2 heterocycles. The van der Waals surface area contributed by atoms with Gasteiger partial charge in [0.05, 0.1) is 12.1 Å². The summed E-state index contributed by atoms with van der Waals surface area (Å²) in [5, 5.41) is 20.8. The van der Waals surface area contributed by atoms with Crippen molar-refractivity contribution in [2.24, 2.45) is 5.92 Å². The van der Waals surface area contributed by atoms with Crippen LogP contribution in [-0.2, 0) is 4.79 Å². The minimum Gasteiger partial charge on any atom is -0.395 e. The third-order valence-electron chi connectivity index (χ3n) is 5.43. The van der Waals surface area contributed by atoms with Crippen molar-refractivity contribution in [3.63, 3.8) is 0 Å². The van der Waals surface area contributed by atoms with Crippen LogP contribution >= 0.6 is 0 Å². The van der Waals surface area contributed by atoms with Crippen LogP contribution in [0.5, 0.6) is 0 Å². The zero-order valence-corrected chi connectivity index (χ0v) is 16.4. The van der Waals surface area contributed by atoms with Crippen LogP contribution in [0.1, 0.15) is 25.7 Å². The lowest BCUT2D eigenvalue weighted by molar-refractivity contribution is -0.135. The molecule has 3 aromatic rings. The van der Waals surface area contributed by atoms with Crippen LogP contribution in [0, 0.1) is 5.92 Å². The van der Waals surface area contributed by atoms with E-state index < -0.39 is 0 Å². The van der Waals surface area contributed by atoms with Crippen molar-refractivity contribution >= 4 is 22.9 Å². The van der Waals surface area contributed by atoms with Crippen LogP contribution in [0.3, 0.4) is 0 Å². The lowest BCUT2D eigenvalue weighted by Gasteiger charge is -2.30. The first kappa shape index (κ1) is 19.3. The highest BCUT2D eigenvalue weighted by molar-refractivity contribution is 5.78. The molecule has 0 radical (unpaired) electrons. The first-order valence-electron chi connectivity index (χ1n) is 9.92. The molecule has 0 unspecified atom stereocenters. The molecule has 0 bridgehead atoms. The number of fused-ring (bicyclic) bond motifs is 1. The van der Waals surface area contributed by atoms with Crippen molar-refractivity contribution in [3.8, 4) is 5.82 Å². The second kappa shape index (κ2) is 8.52. The number of hydrogen-bond donors (Lipinski definition) is 2. The average Bonchev–Trinajstić information content (AvgIpc) is 3.18. The van der Waals surface area contributed by atoms with Crippen LogP contribution in [0.25, 0.3) is 16.9 Å². The van der Waals surface area contributed by atoms with Crippen molar-refractivity contribution in [1.82, 2.24) is 29.9 Å². The Labute approximate surface area is 168 Å². The van der Waals surface area contributed by atoms with Gasteiger partial charge in [0.25, 0.3) is 0 Å². The molecule has 1 amide bonds. The van der Waals surface area contributed by atoms with E-state index in [1.165, 1.54) is 0 Å². The fourth-order valence-electron chi connectivity index (χ4n) is 3.81. The number of hydrogen-bond acceptors (Lipinski definition) is 7. The summed E-state index contributed by atoms with van der Waals surface area (Å²) >= 11 is 0. The Hall–Kier alpha value is -3.07. The monoisotopic (exact) mass is 395 g/mol. The summed E-state index contributed by atoms with van der Waals surface area (Å²) in [6.45, 7) is 0.377. The topological polar surface area (TPSA) is 109 Å². The number of benzene rings is 1. The van der Waals surface area contributed by atoms with Crippen molar-refractivity contribution < 1.29 is 9.90 Å². The van der Waals surface area contributed by atoms with E-state index in [-0.39, 0.29) is 24.5 Å². The number of anilines is 1. The minimum absolute atomic E-state index is 0.00607. The Morgan fingerprint density at radius 2 is 2.03 bits per heavy atom. The van der Waals surface area contributed by atoms with Gasteiger partial charge in [-0.1, -0.05) is 17.3 Å². The maximum Gasteiger partial charge on any atom is 0.225 e. The zero-order chi connectivity index (χ0) is 20.2. The number of aliphatic hydroxyl groups excluding tert-OH is 1. The maximum atomic E-state index is 12.4. The van der Waals surface area contributed by atoms with Gasteiger partial charge in [0, 0.05) is 37.8 Å². The standard InChI is InChI=1S/C20H25N7O2/c1-26(12-13-28)19(29)14-6-8-15(9-7-14)22-20-21-11-10-18(23-20)27-17-5-3-2-4-16(17)24-25-27/h2-5,10-11,14-15,28H,6-9,12-13H2,1H3,(H,21,22,23). The summed E-state index contributed by atoms with van der Waals surface area (Å²) in [4.78, 5) is 23.0. The van der Waals surface area contributed by atoms with Gasteiger partial charge in [-0.25, -0.2) is 4.98 Å². The molecule has 2 N–H and O–H groups in total. The van der Waals surface area contributed by atoms with E-state index in [2.05, 4.69) is 25.6 Å². The van der Waals surface area contributed by atoms with Gasteiger partial charge in [0.1, 0.15) is 5.52 Å². The third-order valence-corrected chi connectivity index (χ3v) is 5.43. The average molecular weight is 395 g/mol. The molecule has 0 saturated heterocycles. The van der Waals surface area contributed by atoms with Crippen LogP contribution in [-0.4, -0.2) is 67.1 Å². The van der Waals surface area contributed by atoms with Gasteiger partial charge < -0.3 is 15.3 Å². The van der Waals surface area contributed by atoms with E-state index in [9.17, 15) is 4.79 Å².